The Kier molecular flexibility index (Phi) is 5.16. The molecule has 0 saturated carbocycles. The minimum atomic E-state index is 0.0610. The molecule has 1 aromatic carbocycles. The van der Waals surface area contributed by atoms with Crippen LogP contribution in [0, 0.1) is 19.8 Å². The van der Waals surface area contributed by atoms with Crippen LogP contribution in [-0.4, -0.2) is 44.8 Å². The van der Waals surface area contributed by atoms with Crippen LogP contribution in [-0.2, 0) is 17.9 Å². The number of rotatable bonds is 5. The topological polar surface area (TPSA) is 62.5 Å². The number of aryl methyl sites for hydroxylation is 2. The average molecular weight is 423 g/mol. The summed E-state index contributed by atoms with van der Waals surface area (Å²) >= 11 is 1.58. The maximum absolute atomic E-state index is 13.1. The van der Waals surface area contributed by atoms with Crippen molar-refractivity contribution in [1.29, 1.82) is 0 Å². The lowest BCUT2D eigenvalue weighted by molar-refractivity contribution is -0.140. The predicted octanol–water partition coefficient (Wildman–Crippen LogP) is 4.04. The molecular formula is C23H26N4O2S. The van der Waals surface area contributed by atoms with Gasteiger partial charge in [0, 0.05) is 36.6 Å². The number of oxazole rings is 1. The van der Waals surface area contributed by atoms with Crippen LogP contribution in [0.3, 0.4) is 0 Å². The van der Waals surface area contributed by atoms with Gasteiger partial charge in [-0.3, -0.25) is 9.69 Å². The van der Waals surface area contributed by atoms with Gasteiger partial charge in [-0.15, -0.1) is 11.3 Å². The molecule has 0 N–H and O–H groups in total. The number of aromatic nitrogens is 2. The molecule has 7 heteroatoms. The molecule has 0 unspecified atom stereocenters. The van der Waals surface area contributed by atoms with Crippen LogP contribution in [0.2, 0.25) is 0 Å². The molecule has 3 fully saturated rings. The standard InChI is InChI=1S/C23H26N4O2S/c1-15-4-3-5-17(8-15)22-25-21(16(2)29-22)12-26-9-18-6-7-20(11-26)27(23(18)28)10-19-13-30-14-24-19/h3-5,8,13-14,18,20H,6-7,9-12H2,1-2H3/t18-,20+/m0/s1. The van der Waals surface area contributed by atoms with E-state index in [9.17, 15) is 4.79 Å². The maximum atomic E-state index is 13.1. The highest BCUT2D eigenvalue weighted by atomic mass is 32.1. The van der Waals surface area contributed by atoms with Crippen LogP contribution in [0.1, 0.15) is 35.6 Å². The number of carbonyl (C=O) groups excluding carboxylic acids is 1. The number of nitrogens with zero attached hydrogens (tertiary/aromatic N) is 4. The van der Waals surface area contributed by atoms with Gasteiger partial charge < -0.3 is 9.32 Å². The zero-order chi connectivity index (χ0) is 20.7. The van der Waals surface area contributed by atoms with Gasteiger partial charge in [-0.25, -0.2) is 9.97 Å². The summed E-state index contributed by atoms with van der Waals surface area (Å²) in [6.45, 7) is 7.05. The second kappa shape index (κ2) is 7.96. The van der Waals surface area contributed by atoms with Crippen molar-refractivity contribution >= 4 is 17.2 Å². The van der Waals surface area contributed by atoms with Gasteiger partial charge in [0.2, 0.25) is 11.8 Å². The summed E-state index contributed by atoms with van der Waals surface area (Å²) in [6.07, 6.45) is 2.03. The molecular weight excluding hydrogens is 396 g/mol. The van der Waals surface area contributed by atoms with Gasteiger partial charge in [-0.05, 0) is 38.8 Å². The number of carbonyl (C=O) groups is 1. The number of thiazole rings is 1. The molecule has 2 bridgehead atoms. The fraction of sp³-hybridized carbons (Fsp3) is 0.435. The summed E-state index contributed by atoms with van der Waals surface area (Å²) in [5.74, 6) is 1.86. The Hall–Kier alpha value is -2.51. The van der Waals surface area contributed by atoms with Crippen molar-refractivity contribution in [1.82, 2.24) is 19.8 Å². The molecule has 30 heavy (non-hydrogen) atoms. The van der Waals surface area contributed by atoms with Crippen molar-refractivity contribution in [2.24, 2.45) is 5.92 Å². The Labute approximate surface area is 180 Å². The number of amides is 1. The molecule has 6 rings (SSSR count). The first-order valence-electron chi connectivity index (χ1n) is 10.5. The highest BCUT2D eigenvalue weighted by molar-refractivity contribution is 7.07. The third-order valence-electron chi connectivity index (χ3n) is 6.22. The van der Waals surface area contributed by atoms with E-state index in [1.54, 1.807) is 11.3 Å². The molecule has 1 amide bonds. The van der Waals surface area contributed by atoms with Crippen LogP contribution < -0.4 is 0 Å². The van der Waals surface area contributed by atoms with Gasteiger partial charge in [0.05, 0.1) is 29.4 Å². The third-order valence-corrected chi connectivity index (χ3v) is 6.85. The lowest BCUT2D eigenvalue weighted by atomic mass is 9.94. The first kappa shape index (κ1) is 19.5. The Balaban J connectivity index is 1.33. The van der Waals surface area contributed by atoms with E-state index in [0.717, 1.165) is 48.6 Å². The first-order valence-corrected chi connectivity index (χ1v) is 11.4. The Morgan fingerprint density at radius 1 is 1.20 bits per heavy atom. The van der Waals surface area contributed by atoms with E-state index in [1.807, 2.05) is 29.9 Å². The molecule has 3 aromatic rings. The van der Waals surface area contributed by atoms with Crippen molar-refractivity contribution in [3.63, 3.8) is 0 Å². The van der Waals surface area contributed by atoms with Crippen molar-refractivity contribution in [2.45, 2.75) is 45.8 Å². The maximum Gasteiger partial charge on any atom is 0.227 e. The smallest absolute Gasteiger partial charge is 0.227 e. The largest absolute Gasteiger partial charge is 0.441 e. The molecule has 2 atom stereocenters. The molecule has 6 nitrogen and oxygen atoms in total. The molecule has 0 radical (unpaired) electrons. The summed E-state index contributed by atoms with van der Waals surface area (Å²) in [5.41, 5.74) is 5.98. The monoisotopic (exact) mass is 422 g/mol. The number of hydrogen-bond donors (Lipinski definition) is 0. The van der Waals surface area contributed by atoms with E-state index in [1.165, 1.54) is 5.56 Å². The van der Waals surface area contributed by atoms with E-state index in [-0.39, 0.29) is 17.9 Å². The molecule has 0 aliphatic carbocycles. The second-order valence-corrected chi connectivity index (χ2v) is 9.18. The Morgan fingerprint density at radius 2 is 2.10 bits per heavy atom. The molecule has 3 saturated heterocycles. The highest BCUT2D eigenvalue weighted by Crippen LogP contribution is 2.32. The van der Waals surface area contributed by atoms with E-state index in [4.69, 9.17) is 9.40 Å². The number of fused-ring (bicyclic) bond motifs is 4. The average Bonchev–Trinajstić information content (AvgIpc) is 3.28. The molecule has 5 heterocycles. The quantitative estimate of drug-likeness (QED) is 0.621. The summed E-state index contributed by atoms with van der Waals surface area (Å²) in [5, 5.41) is 2.04. The summed E-state index contributed by atoms with van der Waals surface area (Å²) in [6, 6.07) is 8.46. The molecule has 3 aliphatic rings. The van der Waals surface area contributed by atoms with Crippen molar-refractivity contribution in [2.75, 3.05) is 13.1 Å². The van der Waals surface area contributed by atoms with Gasteiger partial charge in [-0.2, -0.15) is 0 Å². The van der Waals surface area contributed by atoms with Gasteiger partial charge in [0.25, 0.3) is 0 Å². The van der Waals surface area contributed by atoms with E-state index < -0.39 is 0 Å². The van der Waals surface area contributed by atoms with Gasteiger partial charge in [-0.1, -0.05) is 17.7 Å². The van der Waals surface area contributed by atoms with Crippen molar-refractivity contribution < 1.29 is 9.21 Å². The Morgan fingerprint density at radius 3 is 2.90 bits per heavy atom. The van der Waals surface area contributed by atoms with Gasteiger partial charge >= 0.3 is 0 Å². The number of benzene rings is 1. The van der Waals surface area contributed by atoms with E-state index in [0.29, 0.717) is 19.0 Å². The zero-order valence-corrected chi connectivity index (χ0v) is 18.2. The second-order valence-electron chi connectivity index (χ2n) is 8.46. The number of hydrogen-bond acceptors (Lipinski definition) is 6. The molecule has 3 aliphatic heterocycles. The first-order chi connectivity index (χ1) is 14.6. The van der Waals surface area contributed by atoms with Crippen LogP contribution in [0.5, 0.6) is 0 Å². The molecule has 0 spiro atoms. The van der Waals surface area contributed by atoms with Crippen molar-refractivity contribution in [3.05, 3.63) is 57.9 Å². The summed E-state index contributed by atoms with van der Waals surface area (Å²) in [7, 11) is 0. The van der Waals surface area contributed by atoms with Gasteiger partial charge in [0.1, 0.15) is 5.76 Å². The lowest BCUT2D eigenvalue weighted by Crippen LogP contribution is -2.47. The predicted molar refractivity (Wildman–Crippen MR) is 116 cm³/mol. The lowest BCUT2D eigenvalue weighted by Gasteiger charge is -2.35. The molecule has 156 valence electrons. The molecule has 2 aromatic heterocycles. The van der Waals surface area contributed by atoms with Crippen molar-refractivity contribution in [3.8, 4) is 11.5 Å². The van der Waals surface area contributed by atoms with Crippen LogP contribution >= 0.6 is 11.3 Å². The minimum Gasteiger partial charge on any atom is -0.441 e. The Bertz CT molecular complexity index is 1050. The van der Waals surface area contributed by atoms with E-state index >= 15 is 0 Å². The fourth-order valence-corrected chi connectivity index (χ4v) is 5.19. The minimum absolute atomic E-state index is 0.0610. The zero-order valence-electron chi connectivity index (χ0n) is 17.4. The number of piperidine rings is 1. The highest BCUT2D eigenvalue weighted by Gasteiger charge is 2.41. The SMILES string of the molecule is Cc1cccc(-c2nc(CN3C[C@@H]4CC[C@H](C3)N(Cc3cscn3)C4=O)c(C)o2)c1. The van der Waals surface area contributed by atoms with Crippen LogP contribution in [0.15, 0.2) is 39.6 Å². The normalized spacial score (nSPS) is 21.9. The van der Waals surface area contributed by atoms with Gasteiger partial charge in [0.15, 0.2) is 0 Å². The van der Waals surface area contributed by atoms with E-state index in [2.05, 4.69) is 33.8 Å². The fourth-order valence-electron chi connectivity index (χ4n) is 4.65. The summed E-state index contributed by atoms with van der Waals surface area (Å²) in [4.78, 5) is 26.7. The summed E-state index contributed by atoms with van der Waals surface area (Å²) < 4.78 is 5.99. The van der Waals surface area contributed by atoms with Crippen LogP contribution in [0.25, 0.3) is 11.5 Å². The third kappa shape index (κ3) is 3.79. The van der Waals surface area contributed by atoms with Crippen LogP contribution in [0.4, 0.5) is 0 Å².